The minimum Gasteiger partial charge on any atom is -0.457 e. The number of carbonyl (C=O) groups excluding carboxylic acids is 1. The predicted molar refractivity (Wildman–Crippen MR) is 73.0 cm³/mol. The quantitative estimate of drug-likeness (QED) is 0.540. The van der Waals surface area contributed by atoms with E-state index in [1.54, 1.807) is 6.92 Å². The van der Waals surface area contributed by atoms with E-state index in [4.69, 9.17) is 16.2 Å². The standard InChI is InChI=1S/C11H14N8O2/c1-3-4-21-9(20)8-6(2)19(18-17-8)5-7-14-10(12)16-11(13)15-7/h3H,1,4-5H2,2H3,(H4,12,13,14,15,16). The molecule has 0 fully saturated rings. The molecule has 0 saturated carbocycles. The summed E-state index contributed by atoms with van der Waals surface area (Å²) in [6, 6.07) is 0. The Morgan fingerprint density at radius 3 is 2.62 bits per heavy atom. The predicted octanol–water partition coefficient (Wildman–Crippen LogP) is -0.673. The van der Waals surface area contributed by atoms with Gasteiger partial charge in [-0.3, -0.25) is 0 Å². The highest BCUT2D eigenvalue weighted by molar-refractivity contribution is 5.88. The molecule has 10 heteroatoms. The lowest BCUT2D eigenvalue weighted by molar-refractivity contribution is 0.0542. The van der Waals surface area contributed by atoms with Crippen molar-refractivity contribution in [3.8, 4) is 0 Å². The molecule has 0 bridgehead atoms. The van der Waals surface area contributed by atoms with Crippen LogP contribution in [0.3, 0.4) is 0 Å². The van der Waals surface area contributed by atoms with Gasteiger partial charge in [0.1, 0.15) is 13.2 Å². The summed E-state index contributed by atoms with van der Waals surface area (Å²) in [7, 11) is 0. The smallest absolute Gasteiger partial charge is 0.361 e. The molecule has 0 spiro atoms. The summed E-state index contributed by atoms with van der Waals surface area (Å²) >= 11 is 0. The molecule has 0 radical (unpaired) electrons. The van der Waals surface area contributed by atoms with Crippen molar-refractivity contribution in [3.63, 3.8) is 0 Å². The van der Waals surface area contributed by atoms with Crippen LogP contribution in [0, 0.1) is 6.92 Å². The zero-order valence-corrected chi connectivity index (χ0v) is 11.4. The number of rotatable bonds is 5. The van der Waals surface area contributed by atoms with Gasteiger partial charge in [-0.15, -0.1) is 5.10 Å². The first-order chi connectivity index (χ1) is 10.0. The SMILES string of the molecule is C=CCOC(=O)c1nnn(Cc2nc(N)nc(N)n2)c1C. The van der Waals surface area contributed by atoms with Gasteiger partial charge in [0, 0.05) is 0 Å². The number of nitrogens with two attached hydrogens (primary N) is 2. The highest BCUT2D eigenvalue weighted by atomic mass is 16.5. The van der Waals surface area contributed by atoms with Crippen molar-refractivity contribution < 1.29 is 9.53 Å². The number of ether oxygens (including phenoxy) is 1. The number of hydrogen-bond acceptors (Lipinski definition) is 9. The average Bonchev–Trinajstić information content (AvgIpc) is 2.76. The second kappa shape index (κ2) is 5.94. The van der Waals surface area contributed by atoms with Gasteiger partial charge in [-0.2, -0.15) is 15.0 Å². The third-order valence-corrected chi connectivity index (χ3v) is 2.52. The van der Waals surface area contributed by atoms with Gasteiger partial charge >= 0.3 is 5.97 Å². The van der Waals surface area contributed by atoms with E-state index in [1.165, 1.54) is 10.8 Å². The molecule has 10 nitrogen and oxygen atoms in total. The maximum Gasteiger partial charge on any atom is 0.361 e. The van der Waals surface area contributed by atoms with E-state index in [0.717, 1.165) is 0 Å². The van der Waals surface area contributed by atoms with Crippen molar-refractivity contribution in [1.82, 2.24) is 29.9 Å². The van der Waals surface area contributed by atoms with Crippen LogP contribution in [0.4, 0.5) is 11.9 Å². The molecule has 110 valence electrons. The van der Waals surface area contributed by atoms with Crippen LogP contribution in [0.25, 0.3) is 0 Å². The fraction of sp³-hybridized carbons (Fsp3) is 0.273. The maximum absolute atomic E-state index is 11.7. The molecule has 2 rings (SSSR count). The second-order valence-electron chi connectivity index (χ2n) is 4.04. The molecule has 0 aromatic carbocycles. The van der Waals surface area contributed by atoms with E-state index < -0.39 is 5.97 Å². The second-order valence-corrected chi connectivity index (χ2v) is 4.04. The highest BCUT2D eigenvalue weighted by Crippen LogP contribution is 2.08. The van der Waals surface area contributed by atoms with E-state index in [0.29, 0.717) is 11.5 Å². The Kier molecular flexibility index (Phi) is 4.07. The summed E-state index contributed by atoms with van der Waals surface area (Å²) in [6.45, 7) is 5.40. The van der Waals surface area contributed by atoms with Crippen molar-refractivity contribution >= 4 is 17.9 Å². The number of nitrogen functional groups attached to an aromatic ring is 2. The van der Waals surface area contributed by atoms with Crippen LogP contribution in [0.2, 0.25) is 0 Å². The Hall–Kier alpha value is -3.04. The first-order valence-corrected chi connectivity index (χ1v) is 5.95. The number of aromatic nitrogens is 6. The summed E-state index contributed by atoms with van der Waals surface area (Å²) in [5.74, 6) is -0.228. The Labute approximate surface area is 119 Å². The fourth-order valence-electron chi connectivity index (χ4n) is 1.56. The topological polar surface area (TPSA) is 148 Å². The van der Waals surface area contributed by atoms with Crippen LogP contribution in [0.5, 0.6) is 0 Å². The molecular formula is C11H14N8O2. The van der Waals surface area contributed by atoms with Crippen LogP contribution < -0.4 is 11.5 Å². The first kappa shape index (κ1) is 14.4. The van der Waals surface area contributed by atoms with Gasteiger partial charge in [-0.05, 0) is 6.92 Å². The number of esters is 1. The molecule has 2 heterocycles. The monoisotopic (exact) mass is 290 g/mol. The molecule has 0 unspecified atom stereocenters. The summed E-state index contributed by atoms with van der Waals surface area (Å²) < 4.78 is 6.35. The molecule has 21 heavy (non-hydrogen) atoms. The minimum atomic E-state index is -0.576. The fourth-order valence-corrected chi connectivity index (χ4v) is 1.56. The van der Waals surface area contributed by atoms with E-state index in [1.807, 2.05) is 0 Å². The number of anilines is 2. The summed E-state index contributed by atoms with van der Waals surface area (Å²) in [4.78, 5) is 23.3. The molecule has 4 N–H and O–H groups in total. The van der Waals surface area contributed by atoms with E-state index >= 15 is 0 Å². The molecule has 2 aromatic heterocycles. The molecule has 2 aromatic rings. The molecule has 0 amide bonds. The van der Waals surface area contributed by atoms with E-state index in [2.05, 4.69) is 31.8 Å². The van der Waals surface area contributed by atoms with Crippen LogP contribution in [0.1, 0.15) is 22.0 Å². The third kappa shape index (κ3) is 3.29. The zero-order valence-electron chi connectivity index (χ0n) is 11.4. The zero-order chi connectivity index (χ0) is 15.4. The highest BCUT2D eigenvalue weighted by Gasteiger charge is 2.18. The van der Waals surface area contributed by atoms with Crippen molar-refractivity contribution in [2.45, 2.75) is 13.5 Å². The summed E-state index contributed by atoms with van der Waals surface area (Å²) in [5, 5.41) is 7.64. The average molecular weight is 290 g/mol. The number of hydrogen-bond donors (Lipinski definition) is 2. The molecule has 0 aliphatic heterocycles. The Bertz CT molecular complexity index is 661. The van der Waals surface area contributed by atoms with Gasteiger partial charge in [-0.25, -0.2) is 9.48 Å². The first-order valence-electron chi connectivity index (χ1n) is 5.95. The van der Waals surface area contributed by atoms with Crippen LogP contribution >= 0.6 is 0 Å². The minimum absolute atomic E-state index is 0.0147. The summed E-state index contributed by atoms with van der Waals surface area (Å²) in [6.07, 6.45) is 1.47. The Balaban J connectivity index is 2.20. The molecule has 0 atom stereocenters. The lowest BCUT2D eigenvalue weighted by atomic mass is 10.3. The van der Waals surface area contributed by atoms with E-state index in [-0.39, 0.29) is 30.7 Å². The van der Waals surface area contributed by atoms with Gasteiger partial charge in [0.05, 0.1) is 5.69 Å². The molecule has 0 saturated heterocycles. The molecular weight excluding hydrogens is 276 g/mol. The normalized spacial score (nSPS) is 10.3. The van der Waals surface area contributed by atoms with Crippen LogP contribution in [-0.2, 0) is 11.3 Å². The van der Waals surface area contributed by atoms with Crippen molar-refractivity contribution in [3.05, 3.63) is 29.9 Å². The van der Waals surface area contributed by atoms with Crippen LogP contribution in [0.15, 0.2) is 12.7 Å². The lowest BCUT2D eigenvalue weighted by Crippen LogP contribution is -2.13. The van der Waals surface area contributed by atoms with E-state index in [9.17, 15) is 4.79 Å². The van der Waals surface area contributed by atoms with Crippen molar-refractivity contribution in [2.24, 2.45) is 0 Å². The van der Waals surface area contributed by atoms with Gasteiger partial charge in [0.25, 0.3) is 0 Å². The number of nitrogens with zero attached hydrogens (tertiary/aromatic N) is 6. The molecule has 0 aliphatic rings. The molecule has 0 aliphatic carbocycles. The van der Waals surface area contributed by atoms with Crippen molar-refractivity contribution in [2.75, 3.05) is 18.1 Å². The largest absolute Gasteiger partial charge is 0.457 e. The van der Waals surface area contributed by atoms with Gasteiger partial charge in [0.2, 0.25) is 11.9 Å². The van der Waals surface area contributed by atoms with Gasteiger partial charge in [-0.1, -0.05) is 17.9 Å². The van der Waals surface area contributed by atoms with Crippen molar-refractivity contribution in [1.29, 1.82) is 0 Å². The number of carbonyl (C=O) groups is 1. The Morgan fingerprint density at radius 2 is 2.00 bits per heavy atom. The van der Waals surface area contributed by atoms with Gasteiger partial charge in [0.15, 0.2) is 11.5 Å². The third-order valence-electron chi connectivity index (χ3n) is 2.52. The van der Waals surface area contributed by atoms with Crippen LogP contribution in [-0.4, -0.2) is 42.5 Å². The summed E-state index contributed by atoms with van der Waals surface area (Å²) in [5.41, 5.74) is 11.6. The Morgan fingerprint density at radius 1 is 1.33 bits per heavy atom. The maximum atomic E-state index is 11.7. The lowest BCUT2D eigenvalue weighted by Gasteiger charge is -2.04. The van der Waals surface area contributed by atoms with Gasteiger partial charge < -0.3 is 16.2 Å².